The summed E-state index contributed by atoms with van der Waals surface area (Å²) in [6, 6.07) is 4.48. The Labute approximate surface area is 98.2 Å². The van der Waals surface area contributed by atoms with Crippen molar-refractivity contribution in [2.75, 3.05) is 11.9 Å². The van der Waals surface area contributed by atoms with Gasteiger partial charge in [0.25, 0.3) is 0 Å². The van der Waals surface area contributed by atoms with Crippen LogP contribution in [0.3, 0.4) is 0 Å². The van der Waals surface area contributed by atoms with Gasteiger partial charge in [0, 0.05) is 18.7 Å². The Kier molecular flexibility index (Phi) is 5.05. The summed E-state index contributed by atoms with van der Waals surface area (Å²) in [6.07, 6.45) is 1.51. The number of carboxylic acids is 1. The summed E-state index contributed by atoms with van der Waals surface area (Å²) >= 11 is 5.53. The number of nitrogens with one attached hydrogen (secondary N) is 1. The molecule has 1 aromatic carbocycles. The van der Waals surface area contributed by atoms with Crippen LogP contribution in [0.15, 0.2) is 18.2 Å². The van der Waals surface area contributed by atoms with Gasteiger partial charge in [-0.3, -0.25) is 4.79 Å². The molecule has 0 amide bonds. The van der Waals surface area contributed by atoms with Crippen molar-refractivity contribution < 1.29 is 14.3 Å². The van der Waals surface area contributed by atoms with E-state index >= 15 is 0 Å². The quantitative estimate of drug-likeness (QED) is 0.757. The number of carboxylic acid groups (broad SMARTS) is 1. The van der Waals surface area contributed by atoms with Crippen LogP contribution >= 0.6 is 11.6 Å². The first-order chi connectivity index (χ1) is 7.59. The fourth-order valence-corrected chi connectivity index (χ4v) is 1.36. The van der Waals surface area contributed by atoms with Crippen molar-refractivity contribution in [3.63, 3.8) is 0 Å². The maximum Gasteiger partial charge on any atom is 0.303 e. The Morgan fingerprint density at radius 1 is 1.44 bits per heavy atom. The van der Waals surface area contributed by atoms with Gasteiger partial charge >= 0.3 is 5.97 Å². The third-order valence-electron chi connectivity index (χ3n) is 2.07. The van der Waals surface area contributed by atoms with Gasteiger partial charge in [0.2, 0.25) is 0 Å². The van der Waals surface area contributed by atoms with Gasteiger partial charge in [-0.25, -0.2) is 4.39 Å². The van der Waals surface area contributed by atoms with Crippen molar-refractivity contribution in [1.29, 1.82) is 0 Å². The molecule has 0 aliphatic heterocycles. The van der Waals surface area contributed by atoms with Gasteiger partial charge in [0.15, 0.2) is 0 Å². The highest BCUT2D eigenvalue weighted by atomic mass is 35.5. The first-order valence-electron chi connectivity index (χ1n) is 5.00. The molecule has 0 aliphatic rings. The van der Waals surface area contributed by atoms with E-state index in [1.54, 1.807) is 6.07 Å². The maximum atomic E-state index is 13.0. The number of unbranched alkanes of at least 4 members (excludes halogenated alkanes) is 1. The minimum absolute atomic E-state index is 0.0939. The van der Waals surface area contributed by atoms with Gasteiger partial charge < -0.3 is 10.4 Å². The predicted molar refractivity (Wildman–Crippen MR) is 61.4 cm³/mol. The number of hydrogen-bond acceptors (Lipinski definition) is 2. The molecule has 3 nitrogen and oxygen atoms in total. The van der Waals surface area contributed by atoms with E-state index in [9.17, 15) is 9.18 Å². The molecule has 0 heterocycles. The lowest BCUT2D eigenvalue weighted by molar-refractivity contribution is -0.137. The van der Waals surface area contributed by atoms with E-state index in [1.807, 2.05) is 0 Å². The summed E-state index contributed by atoms with van der Waals surface area (Å²) in [5, 5.41) is 11.5. The molecule has 2 N–H and O–H groups in total. The SMILES string of the molecule is O=C(O)CCCCNc1ccc(Cl)c(F)c1. The van der Waals surface area contributed by atoms with Crippen LogP contribution in [-0.2, 0) is 4.79 Å². The standard InChI is InChI=1S/C11H13ClFNO2/c12-9-5-4-8(7-10(9)13)14-6-2-1-3-11(15)16/h4-5,7,14H,1-3,6H2,(H,15,16). The van der Waals surface area contributed by atoms with E-state index in [4.69, 9.17) is 16.7 Å². The zero-order valence-corrected chi connectivity index (χ0v) is 9.43. The van der Waals surface area contributed by atoms with Crippen LogP contribution < -0.4 is 5.32 Å². The van der Waals surface area contributed by atoms with Crippen molar-refractivity contribution >= 4 is 23.3 Å². The molecule has 0 unspecified atom stereocenters. The van der Waals surface area contributed by atoms with Gasteiger partial charge in [-0.2, -0.15) is 0 Å². The van der Waals surface area contributed by atoms with Gasteiger partial charge in [0.05, 0.1) is 5.02 Å². The molecule has 0 bridgehead atoms. The van der Waals surface area contributed by atoms with Crippen LogP contribution in [0.25, 0.3) is 0 Å². The molecule has 0 spiro atoms. The topological polar surface area (TPSA) is 49.3 Å². The van der Waals surface area contributed by atoms with Crippen LogP contribution in [0.1, 0.15) is 19.3 Å². The Morgan fingerprint density at radius 3 is 2.81 bits per heavy atom. The summed E-state index contributed by atoms with van der Waals surface area (Å²) in [5.41, 5.74) is 0.650. The second-order valence-corrected chi connectivity index (χ2v) is 3.81. The molecule has 5 heteroatoms. The highest BCUT2D eigenvalue weighted by Gasteiger charge is 2.00. The number of aliphatic carboxylic acids is 1. The summed E-state index contributed by atoms with van der Waals surface area (Å²) in [5.74, 6) is -1.25. The summed E-state index contributed by atoms with van der Waals surface area (Å²) < 4.78 is 13.0. The molecule has 0 saturated carbocycles. The fraction of sp³-hybridized carbons (Fsp3) is 0.364. The number of halogens is 2. The smallest absolute Gasteiger partial charge is 0.303 e. The minimum atomic E-state index is -0.794. The van der Waals surface area contributed by atoms with Crippen molar-refractivity contribution in [3.8, 4) is 0 Å². The predicted octanol–water partition coefficient (Wildman–Crippen LogP) is 3.15. The van der Waals surface area contributed by atoms with E-state index in [-0.39, 0.29) is 11.4 Å². The summed E-state index contributed by atoms with van der Waals surface area (Å²) in [6.45, 7) is 0.619. The number of hydrogen-bond donors (Lipinski definition) is 2. The average Bonchev–Trinajstić information content (AvgIpc) is 2.22. The van der Waals surface area contributed by atoms with Gasteiger partial charge in [-0.15, -0.1) is 0 Å². The lowest BCUT2D eigenvalue weighted by Crippen LogP contribution is -2.03. The Bertz CT molecular complexity index is 371. The molecule has 16 heavy (non-hydrogen) atoms. The van der Waals surface area contributed by atoms with Crippen LogP contribution in [0.5, 0.6) is 0 Å². The van der Waals surface area contributed by atoms with Crippen molar-refractivity contribution in [2.45, 2.75) is 19.3 Å². The molecular weight excluding hydrogens is 233 g/mol. The molecule has 0 aliphatic carbocycles. The minimum Gasteiger partial charge on any atom is -0.481 e. The molecule has 88 valence electrons. The Morgan fingerprint density at radius 2 is 2.19 bits per heavy atom. The third-order valence-corrected chi connectivity index (χ3v) is 2.37. The lowest BCUT2D eigenvalue weighted by atomic mass is 10.2. The second-order valence-electron chi connectivity index (χ2n) is 3.41. The normalized spacial score (nSPS) is 10.1. The number of anilines is 1. The average molecular weight is 246 g/mol. The number of benzene rings is 1. The van der Waals surface area contributed by atoms with E-state index in [0.717, 1.165) is 6.42 Å². The van der Waals surface area contributed by atoms with Crippen molar-refractivity contribution in [2.24, 2.45) is 0 Å². The Hall–Kier alpha value is -1.29. The fourth-order valence-electron chi connectivity index (χ4n) is 1.24. The molecule has 1 aromatic rings. The zero-order chi connectivity index (χ0) is 12.0. The van der Waals surface area contributed by atoms with Crippen molar-refractivity contribution in [1.82, 2.24) is 0 Å². The highest BCUT2D eigenvalue weighted by Crippen LogP contribution is 2.18. The summed E-state index contributed by atoms with van der Waals surface area (Å²) in [7, 11) is 0. The first-order valence-corrected chi connectivity index (χ1v) is 5.38. The van der Waals surface area contributed by atoms with Crippen LogP contribution in [0.4, 0.5) is 10.1 Å². The molecule has 1 rings (SSSR count). The highest BCUT2D eigenvalue weighted by molar-refractivity contribution is 6.30. The van der Waals surface area contributed by atoms with E-state index in [2.05, 4.69) is 5.32 Å². The van der Waals surface area contributed by atoms with E-state index in [1.165, 1.54) is 12.1 Å². The van der Waals surface area contributed by atoms with Crippen LogP contribution in [-0.4, -0.2) is 17.6 Å². The van der Waals surface area contributed by atoms with Gasteiger partial charge in [-0.05, 0) is 31.0 Å². The second kappa shape index (κ2) is 6.33. The number of rotatable bonds is 6. The Balaban J connectivity index is 2.27. The molecule has 0 radical (unpaired) electrons. The van der Waals surface area contributed by atoms with Gasteiger partial charge in [0.1, 0.15) is 5.82 Å². The third kappa shape index (κ3) is 4.49. The first kappa shape index (κ1) is 12.8. The molecule has 0 fully saturated rings. The van der Waals surface area contributed by atoms with Crippen molar-refractivity contribution in [3.05, 3.63) is 29.0 Å². The molecule has 0 saturated heterocycles. The van der Waals surface area contributed by atoms with Crippen LogP contribution in [0.2, 0.25) is 5.02 Å². The van der Waals surface area contributed by atoms with E-state index < -0.39 is 11.8 Å². The summed E-state index contributed by atoms with van der Waals surface area (Å²) in [4.78, 5) is 10.2. The molecular formula is C11H13ClFNO2. The monoisotopic (exact) mass is 245 g/mol. The largest absolute Gasteiger partial charge is 0.481 e. The lowest BCUT2D eigenvalue weighted by Gasteiger charge is -2.06. The molecule has 0 atom stereocenters. The molecule has 0 aromatic heterocycles. The number of carbonyl (C=O) groups is 1. The maximum absolute atomic E-state index is 13.0. The van der Waals surface area contributed by atoms with E-state index in [0.29, 0.717) is 18.7 Å². The van der Waals surface area contributed by atoms with Gasteiger partial charge in [-0.1, -0.05) is 11.6 Å². The zero-order valence-electron chi connectivity index (χ0n) is 8.67. The van der Waals surface area contributed by atoms with Crippen LogP contribution in [0, 0.1) is 5.82 Å².